The highest BCUT2D eigenvalue weighted by molar-refractivity contribution is 6.34. The summed E-state index contributed by atoms with van der Waals surface area (Å²) in [6.45, 7) is 8.09. The van der Waals surface area contributed by atoms with E-state index in [9.17, 15) is 9.59 Å². The smallest absolute Gasteiger partial charge is 0.312 e. The zero-order valence-corrected chi connectivity index (χ0v) is 21.9. The van der Waals surface area contributed by atoms with Gasteiger partial charge in [0.2, 0.25) is 0 Å². The first kappa shape index (κ1) is 26.0. The van der Waals surface area contributed by atoms with E-state index in [1.807, 2.05) is 33.8 Å². The van der Waals surface area contributed by atoms with Crippen molar-refractivity contribution in [3.63, 3.8) is 0 Å². The van der Waals surface area contributed by atoms with E-state index in [2.05, 4.69) is 0 Å². The van der Waals surface area contributed by atoms with Crippen LogP contribution in [0.1, 0.15) is 39.2 Å². The van der Waals surface area contributed by atoms with Gasteiger partial charge in [0.1, 0.15) is 29.5 Å². The molecule has 0 aliphatic heterocycles. The molecule has 1 aliphatic rings. The standard InChI is InChI=1S/C28H31ClO7/c1-16-13-24(32-5)19(25-15-21(30)17-7-6-8-20(29)26(17)35-25)14-23(16)34-12-11-33-22-10-9-18(22)27(31)36-28(2,3)4/h6-8,13-15,18,22H,9-12H2,1-5H3. The highest BCUT2D eigenvalue weighted by atomic mass is 35.5. The maximum atomic E-state index is 12.7. The molecule has 0 saturated heterocycles. The van der Waals surface area contributed by atoms with E-state index in [4.69, 9.17) is 35.0 Å². The van der Waals surface area contributed by atoms with E-state index in [0.717, 1.165) is 18.4 Å². The quantitative estimate of drug-likeness (QED) is 0.271. The van der Waals surface area contributed by atoms with Gasteiger partial charge in [-0.05, 0) is 70.4 Å². The van der Waals surface area contributed by atoms with Crippen LogP contribution in [0.15, 0.2) is 45.6 Å². The Morgan fingerprint density at radius 1 is 1.11 bits per heavy atom. The van der Waals surface area contributed by atoms with Gasteiger partial charge in [-0.1, -0.05) is 17.7 Å². The second-order valence-electron chi connectivity index (χ2n) is 9.88. The SMILES string of the molecule is COc1cc(C)c(OCCOC2CCC2C(=O)OC(C)(C)C)cc1-c1cc(=O)c2cccc(Cl)c2o1. The van der Waals surface area contributed by atoms with Crippen molar-refractivity contribution in [2.45, 2.75) is 52.2 Å². The molecule has 1 aliphatic carbocycles. The molecule has 8 heteroatoms. The molecule has 0 N–H and O–H groups in total. The molecule has 192 valence electrons. The summed E-state index contributed by atoms with van der Waals surface area (Å²) < 4.78 is 28.9. The van der Waals surface area contributed by atoms with Gasteiger partial charge in [0.25, 0.3) is 0 Å². The Bertz CT molecular complexity index is 1320. The van der Waals surface area contributed by atoms with E-state index in [0.29, 0.717) is 45.4 Å². The predicted molar refractivity (Wildman–Crippen MR) is 138 cm³/mol. The number of rotatable bonds is 8. The molecular formula is C28H31ClO7. The number of ether oxygens (including phenoxy) is 4. The van der Waals surface area contributed by atoms with E-state index in [1.165, 1.54) is 6.07 Å². The number of fused-ring (bicyclic) bond motifs is 1. The predicted octanol–water partition coefficient (Wildman–Crippen LogP) is 5.95. The van der Waals surface area contributed by atoms with E-state index < -0.39 is 5.60 Å². The maximum absolute atomic E-state index is 12.7. The van der Waals surface area contributed by atoms with E-state index >= 15 is 0 Å². The van der Waals surface area contributed by atoms with E-state index in [-0.39, 0.29) is 30.0 Å². The maximum Gasteiger partial charge on any atom is 0.312 e. The molecule has 0 amide bonds. The number of hydrogen-bond acceptors (Lipinski definition) is 7. The van der Waals surface area contributed by atoms with Gasteiger partial charge in [-0.3, -0.25) is 9.59 Å². The number of carbonyl (C=O) groups excluding carboxylic acids is 1. The summed E-state index contributed by atoms with van der Waals surface area (Å²) in [5.41, 5.74) is 1.03. The fraction of sp³-hybridized carbons (Fsp3) is 0.429. The average molecular weight is 515 g/mol. The van der Waals surface area contributed by atoms with E-state index in [1.54, 1.807) is 31.4 Å². The molecule has 2 atom stereocenters. The van der Waals surface area contributed by atoms with Gasteiger partial charge >= 0.3 is 5.97 Å². The minimum Gasteiger partial charge on any atom is -0.496 e. The Balaban J connectivity index is 1.46. The lowest BCUT2D eigenvalue weighted by Gasteiger charge is -2.36. The van der Waals surface area contributed by atoms with Gasteiger partial charge in [0, 0.05) is 6.07 Å². The molecule has 1 heterocycles. The van der Waals surface area contributed by atoms with Crippen molar-refractivity contribution in [3.8, 4) is 22.8 Å². The van der Waals surface area contributed by atoms with Gasteiger partial charge in [0.05, 0.1) is 41.7 Å². The molecule has 0 bridgehead atoms. The second-order valence-corrected chi connectivity index (χ2v) is 10.3. The number of aryl methyl sites for hydroxylation is 1. The first-order chi connectivity index (χ1) is 17.1. The fourth-order valence-electron chi connectivity index (χ4n) is 4.12. The lowest BCUT2D eigenvalue weighted by Crippen LogP contribution is -2.43. The van der Waals surface area contributed by atoms with Crippen LogP contribution in [0.3, 0.4) is 0 Å². The van der Waals surface area contributed by atoms with Gasteiger partial charge in [0.15, 0.2) is 11.0 Å². The molecule has 0 radical (unpaired) electrons. The molecule has 3 aromatic rings. The van der Waals surface area contributed by atoms with Crippen LogP contribution in [-0.2, 0) is 14.3 Å². The van der Waals surface area contributed by atoms with Crippen LogP contribution in [-0.4, -0.2) is 38.0 Å². The molecular weight excluding hydrogens is 484 g/mol. The Hall–Kier alpha value is -3.03. The second kappa shape index (κ2) is 10.5. The van der Waals surface area contributed by atoms with Gasteiger partial charge in [-0.2, -0.15) is 0 Å². The topological polar surface area (TPSA) is 84.2 Å². The number of carbonyl (C=O) groups is 1. The number of hydrogen-bond donors (Lipinski definition) is 0. The van der Waals surface area contributed by atoms with Gasteiger partial charge in [-0.15, -0.1) is 0 Å². The van der Waals surface area contributed by atoms with Crippen molar-refractivity contribution in [1.29, 1.82) is 0 Å². The van der Waals surface area contributed by atoms with Crippen LogP contribution >= 0.6 is 11.6 Å². The third-order valence-electron chi connectivity index (χ3n) is 6.06. The summed E-state index contributed by atoms with van der Waals surface area (Å²) in [7, 11) is 1.55. The van der Waals surface area contributed by atoms with Crippen LogP contribution < -0.4 is 14.9 Å². The van der Waals surface area contributed by atoms with Gasteiger partial charge in [-0.25, -0.2) is 0 Å². The molecule has 0 spiro atoms. The summed E-state index contributed by atoms with van der Waals surface area (Å²) in [6, 6.07) is 10.1. The molecule has 2 unspecified atom stereocenters. The molecule has 7 nitrogen and oxygen atoms in total. The first-order valence-corrected chi connectivity index (χ1v) is 12.3. The largest absolute Gasteiger partial charge is 0.496 e. The number of halogens is 1. The lowest BCUT2D eigenvalue weighted by molar-refractivity contribution is -0.173. The molecule has 2 aromatic carbocycles. The van der Waals surface area contributed by atoms with Crippen molar-refractivity contribution in [2.24, 2.45) is 5.92 Å². The summed E-state index contributed by atoms with van der Waals surface area (Å²) in [4.78, 5) is 25.0. The molecule has 36 heavy (non-hydrogen) atoms. The number of esters is 1. The van der Waals surface area contributed by atoms with Crippen molar-refractivity contribution in [3.05, 3.63) is 57.2 Å². The van der Waals surface area contributed by atoms with Crippen molar-refractivity contribution < 1.29 is 28.2 Å². The molecule has 4 rings (SSSR count). The highest BCUT2D eigenvalue weighted by Gasteiger charge is 2.40. The van der Waals surface area contributed by atoms with Crippen molar-refractivity contribution >= 4 is 28.5 Å². The third kappa shape index (κ3) is 5.68. The molecule has 1 fully saturated rings. The van der Waals surface area contributed by atoms with Crippen molar-refractivity contribution in [1.82, 2.24) is 0 Å². The van der Waals surface area contributed by atoms with Crippen LogP contribution in [0.4, 0.5) is 0 Å². The summed E-state index contributed by atoms with van der Waals surface area (Å²) in [6.07, 6.45) is 1.43. The number of para-hydroxylation sites is 1. The average Bonchev–Trinajstić information content (AvgIpc) is 2.78. The molecule has 1 aromatic heterocycles. The Labute approximate surface area is 215 Å². The Kier molecular flexibility index (Phi) is 7.62. The number of benzene rings is 2. The highest BCUT2D eigenvalue weighted by Crippen LogP contribution is 2.37. The van der Waals surface area contributed by atoms with Crippen LogP contribution in [0.5, 0.6) is 11.5 Å². The fourth-order valence-corrected chi connectivity index (χ4v) is 4.33. The summed E-state index contributed by atoms with van der Waals surface area (Å²) in [5.74, 6) is 1.02. The third-order valence-corrected chi connectivity index (χ3v) is 6.36. The zero-order valence-electron chi connectivity index (χ0n) is 21.2. The van der Waals surface area contributed by atoms with Crippen LogP contribution in [0.25, 0.3) is 22.3 Å². The Morgan fingerprint density at radius 3 is 2.56 bits per heavy atom. The van der Waals surface area contributed by atoms with Gasteiger partial charge < -0.3 is 23.4 Å². The zero-order chi connectivity index (χ0) is 26.0. The van der Waals surface area contributed by atoms with Crippen LogP contribution in [0, 0.1) is 12.8 Å². The summed E-state index contributed by atoms with van der Waals surface area (Å²) in [5, 5.41) is 0.762. The monoisotopic (exact) mass is 514 g/mol. The van der Waals surface area contributed by atoms with Crippen molar-refractivity contribution in [2.75, 3.05) is 20.3 Å². The summed E-state index contributed by atoms with van der Waals surface area (Å²) >= 11 is 6.28. The molecule has 1 saturated carbocycles. The van der Waals surface area contributed by atoms with Crippen LogP contribution in [0.2, 0.25) is 5.02 Å². The minimum absolute atomic E-state index is 0.160. The Morgan fingerprint density at radius 2 is 1.89 bits per heavy atom. The lowest BCUT2D eigenvalue weighted by atomic mass is 9.82. The minimum atomic E-state index is -0.514. The first-order valence-electron chi connectivity index (χ1n) is 12.0. The normalized spacial score (nSPS) is 17.5. The number of methoxy groups -OCH3 is 1.